The summed E-state index contributed by atoms with van der Waals surface area (Å²) in [5.74, 6) is -2.14. The zero-order valence-electron chi connectivity index (χ0n) is 25.2. The molecule has 43 heavy (non-hydrogen) atoms. The van der Waals surface area contributed by atoms with E-state index >= 15 is 0 Å². The van der Waals surface area contributed by atoms with Crippen molar-refractivity contribution < 1.29 is 33.0 Å². The van der Waals surface area contributed by atoms with Crippen LogP contribution in [0, 0.1) is 11.8 Å². The topological polar surface area (TPSA) is 141 Å². The predicted molar refractivity (Wildman–Crippen MR) is 158 cm³/mol. The quantitative estimate of drug-likeness (QED) is 0.431. The number of rotatable bonds is 8. The van der Waals surface area contributed by atoms with Gasteiger partial charge in [-0.1, -0.05) is 24.3 Å². The number of halogens is 1. The Morgan fingerprint density at radius 3 is 2.40 bits per heavy atom. The molecule has 1 aliphatic heterocycles. The number of methoxy groups -OCH3 is 1. The van der Waals surface area contributed by atoms with Crippen LogP contribution >= 0.6 is 0 Å². The van der Waals surface area contributed by atoms with Gasteiger partial charge in [-0.2, -0.15) is 0 Å². The maximum absolute atomic E-state index is 13.9. The highest BCUT2D eigenvalue weighted by atomic mass is 19.1. The average Bonchev–Trinajstić information content (AvgIpc) is 3.44. The molecule has 1 aromatic heterocycles. The number of amides is 3. The first kappa shape index (κ1) is 31.9. The van der Waals surface area contributed by atoms with Gasteiger partial charge in [0, 0.05) is 30.1 Å². The number of pyridine rings is 1. The number of primary amides is 1. The fraction of sp³-hybridized carbons (Fsp3) is 0.531. The zero-order chi connectivity index (χ0) is 31.3. The monoisotopic (exact) mass is 596 g/mol. The lowest BCUT2D eigenvalue weighted by Gasteiger charge is -2.35. The van der Waals surface area contributed by atoms with Crippen molar-refractivity contribution in [2.24, 2.45) is 17.6 Å². The summed E-state index contributed by atoms with van der Waals surface area (Å²) in [5.41, 5.74) is 7.40. The summed E-state index contributed by atoms with van der Waals surface area (Å²) in [6.45, 7) is 4.85. The SMILES string of the molecule is COC(=O)c1cccnc1-c1ccccc1[C@H]1CCN(C(=O)C2CCC(C(CF)NC(=O)OC(C)(C)C)CC2)[C@@H]1C(N)=O. The number of alkyl carbamates (subject to hydrolysis) is 1. The Morgan fingerprint density at radius 1 is 1.07 bits per heavy atom. The van der Waals surface area contributed by atoms with Crippen molar-refractivity contribution in [2.75, 3.05) is 20.3 Å². The Kier molecular flexibility index (Phi) is 10.0. The Hall–Kier alpha value is -4.02. The fourth-order valence-electron chi connectivity index (χ4n) is 6.39. The van der Waals surface area contributed by atoms with Gasteiger partial charge in [-0.05, 0) is 76.5 Å². The first-order valence-corrected chi connectivity index (χ1v) is 14.7. The number of carbonyl (C=O) groups is 4. The van der Waals surface area contributed by atoms with Crippen molar-refractivity contribution >= 4 is 23.9 Å². The number of benzene rings is 1. The van der Waals surface area contributed by atoms with Gasteiger partial charge in [0.05, 0.1) is 24.4 Å². The minimum absolute atomic E-state index is 0.130. The van der Waals surface area contributed by atoms with E-state index in [1.165, 1.54) is 7.11 Å². The molecule has 1 aromatic carbocycles. The highest BCUT2D eigenvalue weighted by Crippen LogP contribution is 2.41. The number of hydrogen-bond acceptors (Lipinski definition) is 7. The summed E-state index contributed by atoms with van der Waals surface area (Å²) in [6, 6.07) is 9.09. The van der Waals surface area contributed by atoms with Gasteiger partial charge < -0.3 is 25.4 Å². The van der Waals surface area contributed by atoms with E-state index in [-0.39, 0.29) is 17.7 Å². The summed E-state index contributed by atoms with van der Waals surface area (Å²) >= 11 is 0. The van der Waals surface area contributed by atoms with Gasteiger partial charge in [-0.15, -0.1) is 0 Å². The van der Waals surface area contributed by atoms with Crippen molar-refractivity contribution in [3.05, 3.63) is 53.7 Å². The molecule has 232 valence electrons. The van der Waals surface area contributed by atoms with Gasteiger partial charge in [0.15, 0.2) is 0 Å². The van der Waals surface area contributed by atoms with Crippen LogP contribution in [0.1, 0.15) is 74.7 Å². The highest BCUT2D eigenvalue weighted by molar-refractivity contribution is 5.97. The Bertz CT molecular complexity index is 1340. The third kappa shape index (κ3) is 7.32. The summed E-state index contributed by atoms with van der Waals surface area (Å²) in [5, 5.41) is 2.64. The number of aromatic nitrogens is 1. The maximum Gasteiger partial charge on any atom is 0.407 e. The Morgan fingerprint density at radius 2 is 1.77 bits per heavy atom. The molecule has 11 heteroatoms. The molecule has 1 aliphatic carbocycles. The first-order chi connectivity index (χ1) is 20.4. The summed E-state index contributed by atoms with van der Waals surface area (Å²) < 4.78 is 24.1. The largest absolute Gasteiger partial charge is 0.465 e. The van der Waals surface area contributed by atoms with E-state index in [2.05, 4.69) is 10.3 Å². The minimum Gasteiger partial charge on any atom is -0.465 e. The number of nitrogens with one attached hydrogen (secondary N) is 1. The first-order valence-electron chi connectivity index (χ1n) is 14.7. The molecule has 2 heterocycles. The van der Waals surface area contributed by atoms with Crippen LogP contribution in [0.25, 0.3) is 11.3 Å². The lowest BCUT2D eigenvalue weighted by atomic mass is 9.78. The molecule has 0 bridgehead atoms. The molecule has 2 fully saturated rings. The van der Waals surface area contributed by atoms with Crippen LogP contribution < -0.4 is 11.1 Å². The molecule has 0 radical (unpaired) electrons. The van der Waals surface area contributed by atoms with E-state index in [0.29, 0.717) is 55.5 Å². The summed E-state index contributed by atoms with van der Waals surface area (Å²) in [6.07, 6.45) is 3.56. The van der Waals surface area contributed by atoms with Gasteiger partial charge in [-0.25, -0.2) is 14.0 Å². The molecule has 1 unspecified atom stereocenters. The van der Waals surface area contributed by atoms with Crippen molar-refractivity contribution in [2.45, 2.75) is 76.5 Å². The van der Waals surface area contributed by atoms with E-state index < -0.39 is 48.2 Å². The average molecular weight is 597 g/mol. The van der Waals surface area contributed by atoms with Crippen molar-refractivity contribution in [1.29, 1.82) is 0 Å². The van der Waals surface area contributed by atoms with Crippen LogP contribution in [-0.2, 0) is 19.1 Å². The number of alkyl halides is 1. The fourth-order valence-corrected chi connectivity index (χ4v) is 6.39. The van der Waals surface area contributed by atoms with Crippen LogP contribution in [0.4, 0.5) is 9.18 Å². The van der Waals surface area contributed by atoms with E-state index in [4.69, 9.17) is 15.2 Å². The standard InChI is InChI=1S/C32H41FN4O6/c1-32(2,3)43-31(41)36-25(18-33)19-11-13-20(14-12-19)29(39)37-17-15-23(27(37)28(34)38)21-8-5-6-9-22(21)26-24(30(40)42-4)10-7-16-35-26/h5-10,16,19-20,23,25,27H,11-15,17-18H2,1-4H3,(H2,34,38)(H,36,41)/t19?,20?,23-,25?,27+/m1/s1. The van der Waals surface area contributed by atoms with E-state index in [9.17, 15) is 23.6 Å². The molecule has 1 saturated carbocycles. The van der Waals surface area contributed by atoms with E-state index in [1.54, 1.807) is 44.0 Å². The lowest BCUT2D eigenvalue weighted by Crippen LogP contribution is -2.49. The number of carbonyl (C=O) groups excluding carboxylic acids is 4. The molecular weight excluding hydrogens is 555 g/mol. The van der Waals surface area contributed by atoms with Gasteiger partial charge in [0.1, 0.15) is 18.3 Å². The molecule has 0 spiro atoms. The summed E-state index contributed by atoms with van der Waals surface area (Å²) in [4.78, 5) is 57.4. The van der Waals surface area contributed by atoms with Crippen molar-refractivity contribution in [3.8, 4) is 11.3 Å². The van der Waals surface area contributed by atoms with Crippen LogP contribution in [0.15, 0.2) is 42.6 Å². The number of ether oxygens (including phenoxy) is 2. The highest BCUT2D eigenvalue weighted by Gasteiger charge is 2.45. The van der Waals surface area contributed by atoms with Crippen molar-refractivity contribution in [3.63, 3.8) is 0 Å². The number of likely N-dealkylation sites (tertiary alicyclic amines) is 1. The van der Waals surface area contributed by atoms with E-state index in [0.717, 1.165) is 5.56 Å². The normalized spacial score (nSPS) is 22.9. The zero-order valence-corrected chi connectivity index (χ0v) is 25.2. The van der Waals surface area contributed by atoms with Crippen LogP contribution in [0.3, 0.4) is 0 Å². The number of nitrogens with zero attached hydrogens (tertiary/aromatic N) is 2. The maximum atomic E-state index is 13.9. The van der Waals surface area contributed by atoms with Gasteiger partial charge in [0.2, 0.25) is 11.8 Å². The molecule has 10 nitrogen and oxygen atoms in total. The molecule has 3 N–H and O–H groups in total. The molecule has 2 aromatic rings. The second-order valence-corrected chi connectivity index (χ2v) is 12.3. The number of hydrogen-bond donors (Lipinski definition) is 2. The van der Waals surface area contributed by atoms with E-state index in [1.807, 2.05) is 24.3 Å². The third-order valence-electron chi connectivity index (χ3n) is 8.36. The lowest BCUT2D eigenvalue weighted by molar-refractivity contribution is -0.142. The predicted octanol–water partition coefficient (Wildman–Crippen LogP) is 4.37. The number of esters is 1. The van der Waals surface area contributed by atoms with Gasteiger partial charge >= 0.3 is 12.1 Å². The third-order valence-corrected chi connectivity index (χ3v) is 8.36. The van der Waals surface area contributed by atoms with Crippen LogP contribution in [0.2, 0.25) is 0 Å². The number of nitrogens with two attached hydrogens (primary N) is 1. The second kappa shape index (κ2) is 13.5. The molecule has 2 aliphatic rings. The Balaban J connectivity index is 1.49. The Labute approximate surface area is 251 Å². The van der Waals surface area contributed by atoms with Gasteiger partial charge in [0.25, 0.3) is 0 Å². The molecule has 1 saturated heterocycles. The molecule has 3 atom stereocenters. The molecule has 4 rings (SSSR count). The van der Waals surface area contributed by atoms with Crippen LogP contribution in [-0.4, -0.2) is 71.8 Å². The molecule has 3 amide bonds. The minimum atomic E-state index is -0.871. The smallest absolute Gasteiger partial charge is 0.407 e. The molecular formula is C32H41FN4O6. The second-order valence-electron chi connectivity index (χ2n) is 12.3. The summed E-state index contributed by atoms with van der Waals surface area (Å²) in [7, 11) is 1.30. The van der Waals surface area contributed by atoms with Gasteiger partial charge in [-0.3, -0.25) is 14.6 Å². The van der Waals surface area contributed by atoms with Crippen molar-refractivity contribution in [1.82, 2.24) is 15.2 Å². The van der Waals surface area contributed by atoms with Crippen LogP contribution in [0.5, 0.6) is 0 Å².